The topological polar surface area (TPSA) is 22.1 Å². The summed E-state index contributed by atoms with van der Waals surface area (Å²) in [6.45, 7) is -5.00. The molecule has 0 aliphatic heterocycles. The van der Waals surface area contributed by atoms with Crippen LogP contribution in [0.4, 0.5) is 12.9 Å². The molecular formula is C12H10BF3KNO. The van der Waals surface area contributed by atoms with Crippen LogP contribution in [0.2, 0.25) is 0 Å². The number of nitrogens with zero attached hydrogens (tertiary/aromatic N) is 1. The van der Waals surface area contributed by atoms with E-state index in [1.165, 1.54) is 18.2 Å². The van der Waals surface area contributed by atoms with E-state index in [1.807, 2.05) is 0 Å². The van der Waals surface area contributed by atoms with Gasteiger partial charge in [0.15, 0.2) is 0 Å². The smallest absolute Gasteiger partial charge is 0.492 e. The Balaban J connectivity index is 0.00000180. The van der Waals surface area contributed by atoms with Crippen molar-refractivity contribution in [1.82, 2.24) is 4.98 Å². The second-order valence-electron chi connectivity index (χ2n) is 3.76. The first kappa shape index (κ1) is 16.7. The molecule has 0 fully saturated rings. The molecule has 0 spiro atoms. The van der Waals surface area contributed by atoms with Gasteiger partial charge in [-0.3, -0.25) is 4.98 Å². The SMILES string of the molecule is F[B-](F)(F)c1ccccc1OCc1cccnc1.[K+]. The molecular weight excluding hydrogens is 281 g/mol. The fourth-order valence-corrected chi connectivity index (χ4v) is 1.53. The molecule has 0 atom stereocenters. The Labute approximate surface area is 151 Å². The number of hydrogen-bond acceptors (Lipinski definition) is 2. The maximum atomic E-state index is 12.7. The molecule has 1 aromatic heterocycles. The van der Waals surface area contributed by atoms with E-state index in [9.17, 15) is 12.9 Å². The summed E-state index contributed by atoms with van der Waals surface area (Å²) < 4.78 is 43.4. The molecule has 0 N–H and O–H groups in total. The summed E-state index contributed by atoms with van der Waals surface area (Å²) in [6, 6.07) is 8.66. The predicted molar refractivity (Wildman–Crippen MR) is 63.7 cm³/mol. The van der Waals surface area contributed by atoms with Gasteiger partial charge in [0.1, 0.15) is 6.61 Å². The van der Waals surface area contributed by atoms with Crippen LogP contribution >= 0.6 is 0 Å². The van der Waals surface area contributed by atoms with Gasteiger partial charge in [0.2, 0.25) is 0 Å². The summed E-state index contributed by atoms with van der Waals surface area (Å²) >= 11 is 0. The van der Waals surface area contributed by atoms with Crippen LogP contribution < -0.4 is 61.6 Å². The van der Waals surface area contributed by atoms with Crippen LogP contribution in [0, 0.1) is 0 Å². The van der Waals surface area contributed by atoms with E-state index >= 15 is 0 Å². The van der Waals surface area contributed by atoms with Crippen LogP contribution in [-0.2, 0) is 6.61 Å². The predicted octanol–water partition coefficient (Wildman–Crippen LogP) is -0.281. The molecule has 1 heterocycles. The van der Waals surface area contributed by atoms with Crippen LogP contribution in [0.5, 0.6) is 5.75 Å². The summed E-state index contributed by atoms with van der Waals surface area (Å²) in [4.78, 5) is 3.87. The minimum atomic E-state index is -5.06. The Morgan fingerprint density at radius 1 is 1.05 bits per heavy atom. The van der Waals surface area contributed by atoms with Gasteiger partial charge in [0.25, 0.3) is 0 Å². The first-order valence-electron chi connectivity index (χ1n) is 5.38. The van der Waals surface area contributed by atoms with E-state index in [1.54, 1.807) is 24.5 Å². The van der Waals surface area contributed by atoms with E-state index in [-0.39, 0.29) is 63.7 Å². The van der Waals surface area contributed by atoms with Gasteiger partial charge < -0.3 is 17.7 Å². The van der Waals surface area contributed by atoms with Gasteiger partial charge in [-0.15, -0.1) is 0 Å². The van der Waals surface area contributed by atoms with Gasteiger partial charge in [-0.25, -0.2) is 0 Å². The average molecular weight is 291 g/mol. The Morgan fingerprint density at radius 3 is 2.42 bits per heavy atom. The Morgan fingerprint density at radius 2 is 1.79 bits per heavy atom. The van der Waals surface area contributed by atoms with Crippen molar-refractivity contribution < 1.29 is 69.1 Å². The van der Waals surface area contributed by atoms with E-state index in [2.05, 4.69) is 4.98 Å². The Kier molecular flexibility index (Phi) is 6.55. The second kappa shape index (κ2) is 7.45. The van der Waals surface area contributed by atoms with Crippen LogP contribution in [0.3, 0.4) is 0 Å². The zero-order chi connectivity index (χ0) is 13.0. The maximum Gasteiger partial charge on any atom is 1.00 e. The molecule has 0 saturated carbocycles. The van der Waals surface area contributed by atoms with Crippen molar-refractivity contribution in [3.8, 4) is 5.75 Å². The minimum absolute atomic E-state index is 0. The molecule has 1 aromatic carbocycles. The third kappa shape index (κ3) is 4.92. The van der Waals surface area contributed by atoms with Crippen molar-refractivity contribution in [1.29, 1.82) is 0 Å². The van der Waals surface area contributed by atoms with Crippen LogP contribution in [0.25, 0.3) is 0 Å². The van der Waals surface area contributed by atoms with Gasteiger partial charge in [0, 0.05) is 18.0 Å². The molecule has 0 unspecified atom stereocenters. The van der Waals surface area contributed by atoms with Crippen LogP contribution in [0.1, 0.15) is 5.56 Å². The average Bonchev–Trinajstić information content (AvgIpc) is 2.37. The molecule has 0 aliphatic carbocycles. The van der Waals surface area contributed by atoms with E-state index in [0.29, 0.717) is 0 Å². The normalized spacial score (nSPS) is 10.7. The quantitative estimate of drug-likeness (QED) is 0.723. The van der Waals surface area contributed by atoms with Crippen LogP contribution in [-0.4, -0.2) is 12.0 Å². The molecule has 7 heteroatoms. The van der Waals surface area contributed by atoms with Crippen molar-refractivity contribution in [2.75, 3.05) is 0 Å². The number of rotatable bonds is 4. The molecule has 0 bridgehead atoms. The van der Waals surface area contributed by atoms with Crippen molar-refractivity contribution in [2.24, 2.45) is 0 Å². The minimum Gasteiger partial charge on any atom is -0.492 e. The van der Waals surface area contributed by atoms with E-state index in [0.717, 1.165) is 11.6 Å². The van der Waals surface area contributed by atoms with Gasteiger partial charge >= 0.3 is 58.4 Å². The monoisotopic (exact) mass is 291 g/mol. The van der Waals surface area contributed by atoms with E-state index < -0.39 is 12.4 Å². The maximum absolute atomic E-state index is 12.7. The van der Waals surface area contributed by atoms with Crippen molar-refractivity contribution >= 4 is 12.4 Å². The zero-order valence-electron chi connectivity index (χ0n) is 10.4. The molecule has 19 heavy (non-hydrogen) atoms. The summed E-state index contributed by atoms with van der Waals surface area (Å²) in [7, 11) is 0. The third-order valence-corrected chi connectivity index (χ3v) is 2.39. The van der Waals surface area contributed by atoms with Gasteiger partial charge in [-0.1, -0.05) is 29.7 Å². The number of pyridine rings is 1. The fourth-order valence-electron chi connectivity index (χ4n) is 1.53. The zero-order valence-corrected chi connectivity index (χ0v) is 13.5. The van der Waals surface area contributed by atoms with Gasteiger partial charge in [0.05, 0.1) is 5.75 Å². The number of halogens is 3. The summed E-state index contributed by atoms with van der Waals surface area (Å²) in [5.41, 5.74) is 0.0170. The molecule has 2 nitrogen and oxygen atoms in total. The molecule has 2 aromatic rings. The van der Waals surface area contributed by atoms with Crippen molar-refractivity contribution in [3.05, 3.63) is 54.4 Å². The number of benzene rings is 1. The largest absolute Gasteiger partial charge is 1.00 e. The number of ether oxygens (including phenoxy) is 1. The molecule has 2 rings (SSSR count). The first-order chi connectivity index (χ1) is 8.57. The van der Waals surface area contributed by atoms with Crippen molar-refractivity contribution in [2.45, 2.75) is 6.61 Å². The Bertz CT molecular complexity index is 522. The summed E-state index contributed by atoms with van der Waals surface area (Å²) in [5.74, 6) is -0.145. The summed E-state index contributed by atoms with van der Waals surface area (Å²) in [6.07, 6.45) is 3.15. The molecule has 0 radical (unpaired) electrons. The van der Waals surface area contributed by atoms with Crippen LogP contribution in [0.15, 0.2) is 48.8 Å². The molecule has 94 valence electrons. The number of aromatic nitrogens is 1. The fraction of sp³-hybridized carbons (Fsp3) is 0.0833. The van der Waals surface area contributed by atoms with Gasteiger partial charge in [-0.2, -0.15) is 0 Å². The van der Waals surface area contributed by atoms with Gasteiger partial charge in [-0.05, 0) is 12.1 Å². The first-order valence-corrected chi connectivity index (χ1v) is 5.38. The standard InChI is InChI=1S/C12H10BF3NO.K/c14-13(15,16)11-5-1-2-6-12(11)18-9-10-4-3-7-17-8-10;/h1-8H,9H2;/q-1;+1. The Hall–Kier alpha value is -0.339. The third-order valence-electron chi connectivity index (χ3n) is 2.39. The van der Waals surface area contributed by atoms with Crippen molar-refractivity contribution in [3.63, 3.8) is 0 Å². The molecule has 0 aliphatic rings. The molecule has 0 amide bonds. The number of hydrogen-bond donors (Lipinski definition) is 0. The van der Waals surface area contributed by atoms with E-state index in [4.69, 9.17) is 4.74 Å². The second-order valence-corrected chi connectivity index (χ2v) is 3.76. The number of para-hydroxylation sites is 1. The summed E-state index contributed by atoms with van der Waals surface area (Å²) in [5, 5.41) is 0. The molecule has 0 saturated heterocycles.